The highest BCUT2D eigenvalue weighted by molar-refractivity contribution is 6.09. The molecule has 1 aliphatic carbocycles. The normalized spacial score (nSPS) is 16.0. The zero-order valence-corrected chi connectivity index (χ0v) is 21.1. The van der Waals surface area contributed by atoms with Gasteiger partial charge in [-0.15, -0.1) is 0 Å². The van der Waals surface area contributed by atoms with E-state index in [1.54, 1.807) is 43.5 Å². The summed E-state index contributed by atoms with van der Waals surface area (Å²) < 4.78 is 35.7. The molecule has 194 valence electrons. The number of amides is 1. The molecule has 1 fully saturated rings. The first-order valence-corrected chi connectivity index (χ1v) is 12.5. The van der Waals surface area contributed by atoms with Crippen LogP contribution in [0.1, 0.15) is 60.4 Å². The van der Waals surface area contributed by atoms with Crippen LogP contribution >= 0.6 is 0 Å². The number of imidazole rings is 1. The van der Waals surface area contributed by atoms with Gasteiger partial charge in [-0.3, -0.25) is 14.0 Å². The predicted molar refractivity (Wildman–Crippen MR) is 135 cm³/mol. The maximum absolute atomic E-state index is 14.1. The van der Waals surface area contributed by atoms with Crippen molar-refractivity contribution < 1.29 is 23.1 Å². The molecule has 0 radical (unpaired) electrons. The van der Waals surface area contributed by atoms with Crippen LogP contribution < -0.4 is 10.1 Å². The molecule has 2 aliphatic rings. The van der Waals surface area contributed by atoms with E-state index in [2.05, 4.69) is 15.3 Å². The highest BCUT2D eigenvalue weighted by atomic mass is 19.1. The number of anilines is 1. The number of carbonyl (C=O) groups is 2. The van der Waals surface area contributed by atoms with Crippen LogP contribution in [0.5, 0.6) is 5.75 Å². The SMILES string of the molecule is Cc1nc2c(OCc3c(F)cccc3F)cccn2c1-c1nc2c(c(C(=O)CC3CC3)n1)C(C)(C)C(=O)N2. The number of aryl methyl sites for hydroxylation is 1. The van der Waals surface area contributed by atoms with Crippen LogP contribution in [0.3, 0.4) is 0 Å². The number of rotatable bonds is 7. The third-order valence-electron chi connectivity index (χ3n) is 7.20. The summed E-state index contributed by atoms with van der Waals surface area (Å²) in [6.07, 6.45) is 4.15. The zero-order chi connectivity index (χ0) is 26.8. The van der Waals surface area contributed by atoms with Crippen LogP contribution in [-0.2, 0) is 16.8 Å². The first-order valence-electron chi connectivity index (χ1n) is 12.5. The minimum absolute atomic E-state index is 0.112. The number of aromatic nitrogens is 4. The van der Waals surface area contributed by atoms with Gasteiger partial charge in [-0.1, -0.05) is 6.07 Å². The molecule has 4 aromatic rings. The molecule has 3 aromatic heterocycles. The molecule has 8 nitrogen and oxygen atoms in total. The molecule has 10 heteroatoms. The minimum atomic E-state index is -0.945. The highest BCUT2D eigenvalue weighted by Crippen LogP contribution is 2.41. The van der Waals surface area contributed by atoms with E-state index in [9.17, 15) is 18.4 Å². The Balaban J connectivity index is 1.44. The minimum Gasteiger partial charge on any atom is -0.485 e. The van der Waals surface area contributed by atoms with Crippen LogP contribution in [0.4, 0.5) is 14.6 Å². The van der Waals surface area contributed by atoms with Gasteiger partial charge in [0.15, 0.2) is 23.0 Å². The van der Waals surface area contributed by atoms with Gasteiger partial charge in [0.25, 0.3) is 0 Å². The molecule has 6 rings (SSSR count). The predicted octanol–water partition coefficient (Wildman–Crippen LogP) is 5.17. The number of Topliss-reactive ketones (excluding diaryl/α,β-unsaturated/α-hetero) is 1. The Morgan fingerprint density at radius 3 is 2.58 bits per heavy atom. The lowest BCUT2D eigenvalue weighted by Crippen LogP contribution is -2.28. The van der Waals surface area contributed by atoms with Gasteiger partial charge in [-0.25, -0.2) is 23.7 Å². The molecule has 0 spiro atoms. The Morgan fingerprint density at radius 2 is 1.87 bits per heavy atom. The van der Waals surface area contributed by atoms with E-state index in [1.165, 1.54) is 18.2 Å². The fraction of sp³-hybridized carbons (Fsp3) is 0.321. The van der Waals surface area contributed by atoms with Crippen molar-refractivity contribution in [3.05, 3.63) is 70.7 Å². The van der Waals surface area contributed by atoms with Crippen molar-refractivity contribution in [2.75, 3.05) is 5.32 Å². The van der Waals surface area contributed by atoms with Gasteiger partial charge in [0.05, 0.1) is 16.7 Å². The third kappa shape index (κ3) is 3.91. The number of hydrogen-bond acceptors (Lipinski definition) is 6. The van der Waals surface area contributed by atoms with E-state index in [1.807, 2.05) is 0 Å². The van der Waals surface area contributed by atoms with E-state index in [0.29, 0.717) is 46.5 Å². The first kappa shape index (κ1) is 24.1. The van der Waals surface area contributed by atoms with Crippen molar-refractivity contribution in [3.63, 3.8) is 0 Å². The molecule has 1 aliphatic heterocycles. The molecule has 0 bridgehead atoms. The molecule has 1 aromatic carbocycles. The van der Waals surface area contributed by atoms with E-state index in [-0.39, 0.29) is 35.4 Å². The smallest absolute Gasteiger partial charge is 0.235 e. The van der Waals surface area contributed by atoms with Crippen molar-refractivity contribution in [3.8, 4) is 17.3 Å². The zero-order valence-electron chi connectivity index (χ0n) is 21.1. The molecule has 1 saturated carbocycles. The Kier molecular flexibility index (Phi) is 5.51. The molecular weight excluding hydrogens is 492 g/mol. The van der Waals surface area contributed by atoms with Gasteiger partial charge in [-0.2, -0.15) is 0 Å². The average Bonchev–Trinajstić information content (AvgIpc) is 3.56. The van der Waals surface area contributed by atoms with Crippen LogP contribution in [0.2, 0.25) is 0 Å². The van der Waals surface area contributed by atoms with Crippen molar-refractivity contribution in [1.29, 1.82) is 0 Å². The number of nitrogens with zero attached hydrogens (tertiary/aromatic N) is 4. The maximum atomic E-state index is 14.1. The number of benzene rings is 1. The summed E-state index contributed by atoms with van der Waals surface area (Å²) >= 11 is 0. The lowest BCUT2D eigenvalue weighted by molar-refractivity contribution is -0.119. The lowest BCUT2D eigenvalue weighted by atomic mass is 9.84. The molecule has 0 unspecified atom stereocenters. The van der Waals surface area contributed by atoms with Crippen molar-refractivity contribution in [2.45, 2.75) is 52.1 Å². The maximum Gasteiger partial charge on any atom is 0.235 e. The molecule has 38 heavy (non-hydrogen) atoms. The summed E-state index contributed by atoms with van der Waals surface area (Å²) in [4.78, 5) is 40.0. The second-order valence-electron chi connectivity index (χ2n) is 10.4. The highest BCUT2D eigenvalue weighted by Gasteiger charge is 2.44. The number of ether oxygens (including phenoxy) is 1. The Labute approximate surface area is 217 Å². The number of halogens is 2. The summed E-state index contributed by atoms with van der Waals surface area (Å²) in [7, 11) is 0. The van der Waals surface area contributed by atoms with E-state index in [0.717, 1.165) is 12.8 Å². The Hall–Kier alpha value is -4.21. The van der Waals surface area contributed by atoms with Gasteiger partial charge >= 0.3 is 0 Å². The Morgan fingerprint density at radius 1 is 1.13 bits per heavy atom. The lowest BCUT2D eigenvalue weighted by Gasteiger charge is -2.18. The quantitative estimate of drug-likeness (QED) is 0.340. The number of hydrogen-bond donors (Lipinski definition) is 1. The van der Waals surface area contributed by atoms with Gasteiger partial charge in [0.2, 0.25) is 5.91 Å². The Bertz CT molecular complexity index is 1620. The van der Waals surface area contributed by atoms with Crippen molar-refractivity contribution in [2.24, 2.45) is 5.92 Å². The van der Waals surface area contributed by atoms with Gasteiger partial charge in [-0.05, 0) is 63.8 Å². The molecule has 1 N–H and O–H groups in total. The van der Waals surface area contributed by atoms with Crippen LogP contribution in [-0.4, -0.2) is 31.0 Å². The van der Waals surface area contributed by atoms with Crippen LogP contribution in [0, 0.1) is 24.5 Å². The van der Waals surface area contributed by atoms with Gasteiger partial charge in [0, 0.05) is 18.2 Å². The fourth-order valence-electron chi connectivity index (χ4n) is 4.87. The molecule has 0 atom stereocenters. The van der Waals surface area contributed by atoms with E-state index < -0.39 is 17.0 Å². The number of carbonyl (C=O) groups excluding carboxylic acids is 2. The van der Waals surface area contributed by atoms with Crippen molar-refractivity contribution >= 4 is 23.2 Å². The summed E-state index contributed by atoms with van der Waals surface area (Å²) in [6.45, 7) is 4.96. The first-order chi connectivity index (χ1) is 18.1. The van der Waals surface area contributed by atoms with Crippen molar-refractivity contribution in [1.82, 2.24) is 19.4 Å². The standard InChI is InChI=1S/C28H25F2N5O3/c1-14-23(35-11-5-8-20(26(35)31-14)38-13-16-17(29)6-4-7-18(16)30)25-32-22(19(36)12-15-9-10-15)21-24(33-25)34-27(37)28(21,2)3/h4-8,11,15H,9-10,12-13H2,1-3H3,(H,32,33,34,37). The number of fused-ring (bicyclic) bond motifs is 2. The molecular formula is C28H25F2N5O3. The van der Waals surface area contributed by atoms with Crippen LogP contribution in [0.15, 0.2) is 36.5 Å². The summed E-state index contributed by atoms with van der Waals surface area (Å²) in [6, 6.07) is 7.01. The van der Waals surface area contributed by atoms with Crippen LogP contribution in [0.25, 0.3) is 17.2 Å². The second kappa shape index (κ2) is 8.68. The molecule has 1 amide bonds. The number of pyridine rings is 1. The number of ketones is 1. The van der Waals surface area contributed by atoms with E-state index >= 15 is 0 Å². The molecule has 4 heterocycles. The van der Waals surface area contributed by atoms with Gasteiger partial charge < -0.3 is 10.1 Å². The largest absolute Gasteiger partial charge is 0.485 e. The fourth-order valence-corrected chi connectivity index (χ4v) is 4.87. The third-order valence-corrected chi connectivity index (χ3v) is 7.20. The summed E-state index contributed by atoms with van der Waals surface area (Å²) in [5, 5.41) is 2.81. The molecule has 0 saturated heterocycles. The monoisotopic (exact) mass is 517 g/mol. The second-order valence-corrected chi connectivity index (χ2v) is 10.4. The van der Waals surface area contributed by atoms with E-state index in [4.69, 9.17) is 9.72 Å². The number of nitrogens with one attached hydrogen (secondary N) is 1. The average molecular weight is 518 g/mol. The topological polar surface area (TPSA) is 98.5 Å². The van der Waals surface area contributed by atoms with Gasteiger partial charge in [0.1, 0.15) is 35.4 Å². The summed E-state index contributed by atoms with van der Waals surface area (Å²) in [5.41, 5.74) is 1.11. The summed E-state index contributed by atoms with van der Waals surface area (Å²) in [5.74, 6) is -0.533.